The summed E-state index contributed by atoms with van der Waals surface area (Å²) in [6.45, 7) is 2.11. The highest BCUT2D eigenvalue weighted by molar-refractivity contribution is 7.84. The number of hydrogen-bond acceptors (Lipinski definition) is 3. The minimum Gasteiger partial charge on any atom is -0.314 e. The molecule has 1 saturated carbocycles. The third-order valence-corrected chi connectivity index (χ3v) is 5.01. The molecule has 1 saturated heterocycles. The highest BCUT2D eigenvalue weighted by Gasteiger charge is 2.33. The van der Waals surface area contributed by atoms with Crippen molar-refractivity contribution in [2.45, 2.75) is 50.6 Å². The average molecular weight is 258 g/mol. The molecule has 2 fully saturated rings. The largest absolute Gasteiger partial charge is 0.314 e. The van der Waals surface area contributed by atoms with E-state index in [9.17, 15) is 4.21 Å². The number of piperidine rings is 1. The third kappa shape index (κ3) is 4.04. The molecule has 3 nitrogen and oxygen atoms in total. The maximum atomic E-state index is 11.1. The van der Waals surface area contributed by atoms with Crippen LogP contribution in [0.25, 0.3) is 0 Å². The van der Waals surface area contributed by atoms with Gasteiger partial charge in [0, 0.05) is 41.4 Å². The Labute approximate surface area is 108 Å². The maximum absolute atomic E-state index is 11.1. The van der Waals surface area contributed by atoms with Gasteiger partial charge in [-0.05, 0) is 38.1 Å². The van der Waals surface area contributed by atoms with Gasteiger partial charge < -0.3 is 10.6 Å². The fourth-order valence-electron chi connectivity index (χ4n) is 3.36. The molecule has 2 aliphatic rings. The molecule has 2 N–H and O–H groups in total. The molecule has 0 aromatic heterocycles. The van der Waals surface area contributed by atoms with E-state index in [-0.39, 0.29) is 0 Å². The van der Waals surface area contributed by atoms with Gasteiger partial charge in [0.2, 0.25) is 0 Å². The van der Waals surface area contributed by atoms with E-state index in [0.717, 1.165) is 24.3 Å². The van der Waals surface area contributed by atoms with Crippen LogP contribution >= 0.6 is 0 Å². The van der Waals surface area contributed by atoms with Gasteiger partial charge in [-0.2, -0.15) is 0 Å². The van der Waals surface area contributed by atoms with Crippen LogP contribution in [0, 0.1) is 5.92 Å². The molecule has 4 heteroatoms. The van der Waals surface area contributed by atoms with Crippen LogP contribution in [-0.2, 0) is 10.8 Å². The molecule has 1 aliphatic heterocycles. The minimum absolute atomic E-state index is 0.660. The molecule has 0 aromatic rings. The van der Waals surface area contributed by atoms with Crippen molar-refractivity contribution in [2.75, 3.05) is 25.1 Å². The molecule has 0 amide bonds. The summed E-state index contributed by atoms with van der Waals surface area (Å²) in [7, 11) is -0.660. The van der Waals surface area contributed by atoms with Crippen LogP contribution < -0.4 is 10.6 Å². The minimum atomic E-state index is -0.660. The van der Waals surface area contributed by atoms with E-state index >= 15 is 0 Å². The highest BCUT2D eigenvalue weighted by atomic mass is 32.2. The van der Waals surface area contributed by atoms with Crippen LogP contribution in [-0.4, -0.2) is 41.4 Å². The fourth-order valence-corrected chi connectivity index (χ4v) is 3.76. The van der Waals surface area contributed by atoms with Crippen molar-refractivity contribution in [1.82, 2.24) is 10.6 Å². The van der Waals surface area contributed by atoms with Crippen LogP contribution in [0.15, 0.2) is 0 Å². The first-order chi connectivity index (χ1) is 8.27. The van der Waals surface area contributed by atoms with Gasteiger partial charge in [-0.25, -0.2) is 0 Å². The van der Waals surface area contributed by atoms with Gasteiger partial charge in [0.05, 0.1) is 0 Å². The highest BCUT2D eigenvalue weighted by Crippen LogP contribution is 2.31. The molecular weight excluding hydrogens is 232 g/mol. The van der Waals surface area contributed by atoms with E-state index in [1.807, 2.05) is 0 Å². The molecule has 100 valence electrons. The Hall–Kier alpha value is 0.0700. The number of hydrogen-bond donors (Lipinski definition) is 2. The molecular formula is C13H26N2OS. The lowest BCUT2D eigenvalue weighted by Crippen LogP contribution is -2.47. The summed E-state index contributed by atoms with van der Waals surface area (Å²) < 4.78 is 11.1. The normalized spacial score (nSPS) is 35.9. The first-order valence-corrected chi connectivity index (χ1v) is 8.77. The molecule has 1 heterocycles. The summed E-state index contributed by atoms with van der Waals surface area (Å²) in [6, 6.07) is 1.39. The van der Waals surface area contributed by atoms with Crippen molar-refractivity contribution in [1.29, 1.82) is 0 Å². The molecule has 4 atom stereocenters. The van der Waals surface area contributed by atoms with Gasteiger partial charge >= 0.3 is 0 Å². The quantitative estimate of drug-likeness (QED) is 0.780. The summed E-state index contributed by atoms with van der Waals surface area (Å²) in [5.74, 6) is 1.60. The summed E-state index contributed by atoms with van der Waals surface area (Å²) in [5, 5.41) is 7.32. The van der Waals surface area contributed by atoms with Gasteiger partial charge in [-0.15, -0.1) is 0 Å². The van der Waals surface area contributed by atoms with Crippen LogP contribution in [0.5, 0.6) is 0 Å². The topological polar surface area (TPSA) is 41.1 Å². The van der Waals surface area contributed by atoms with Crippen LogP contribution in [0.1, 0.15) is 38.5 Å². The predicted molar refractivity (Wildman–Crippen MR) is 73.7 cm³/mol. The van der Waals surface area contributed by atoms with Crippen molar-refractivity contribution in [2.24, 2.45) is 5.92 Å². The number of nitrogens with one attached hydrogen (secondary N) is 2. The third-order valence-electron chi connectivity index (χ3n) is 4.23. The lowest BCUT2D eigenvalue weighted by Gasteiger charge is -2.33. The van der Waals surface area contributed by atoms with Gasteiger partial charge in [0.15, 0.2) is 0 Å². The Kier molecular flexibility index (Phi) is 5.45. The Morgan fingerprint density at radius 2 is 2.12 bits per heavy atom. The standard InChI is InChI=1S/C13H26N2OS/c1-17(16)10-9-15-13-7-4-5-11(13)12-6-2-3-8-14-12/h11-15H,2-10H2,1H3. The predicted octanol–water partition coefficient (Wildman–Crippen LogP) is 1.27. The number of rotatable bonds is 5. The van der Waals surface area contributed by atoms with E-state index in [2.05, 4.69) is 10.6 Å². The molecule has 0 aromatic carbocycles. The Balaban J connectivity index is 1.77. The molecule has 0 radical (unpaired) electrons. The second-order valence-corrected chi connectivity index (χ2v) is 7.04. The summed E-state index contributed by atoms with van der Waals surface area (Å²) in [5.41, 5.74) is 0. The lowest BCUT2D eigenvalue weighted by atomic mass is 9.88. The first kappa shape index (κ1) is 13.5. The Morgan fingerprint density at radius 1 is 1.24 bits per heavy atom. The van der Waals surface area contributed by atoms with Crippen molar-refractivity contribution >= 4 is 10.8 Å². The molecule has 17 heavy (non-hydrogen) atoms. The Morgan fingerprint density at radius 3 is 2.82 bits per heavy atom. The maximum Gasteiger partial charge on any atom is 0.0357 e. The van der Waals surface area contributed by atoms with E-state index in [1.165, 1.54) is 45.1 Å². The molecule has 4 unspecified atom stereocenters. The first-order valence-electron chi connectivity index (χ1n) is 7.04. The zero-order valence-corrected chi connectivity index (χ0v) is 11.7. The van der Waals surface area contributed by atoms with Crippen LogP contribution in [0.4, 0.5) is 0 Å². The second-order valence-electron chi connectivity index (χ2n) is 5.49. The van der Waals surface area contributed by atoms with E-state index in [1.54, 1.807) is 6.26 Å². The van der Waals surface area contributed by atoms with Gasteiger partial charge in [-0.1, -0.05) is 12.8 Å². The van der Waals surface area contributed by atoms with Gasteiger partial charge in [0.1, 0.15) is 0 Å². The second kappa shape index (κ2) is 6.86. The smallest absolute Gasteiger partial charge is 0.0357 e. The molecule has 1 aliphatic carbocycles. The summed E-state index contributed by atoms with van der Waals surface area (Å²) in [4.78, 5) is 0. The van der Waals surface area contributed by atoms with Gasteiger partial charge in [0.25, 0.3) is 0 Å². The van der Waals surface area contributed by atoms with E-state index in [4.69, 9.17) is 0 Å². The SMILES string of the molecule is CS(=O)CCNC1CCCC1C1CCCCN1. The Bertz CT molecular complexity index is 254. The van der Waals surface area contributed by atoms with Crippen molar-refractivity contribution in [3.63, 3.8) is 0 Å². The molecule has 0 spiro atoms. The summed E-state index contributed by atoms with van der Waals surface area (Å²) in [6.07, 6.45) is 9.90. The fraction of sp³-hybridized carbons (Fsp3) is 1.00. The monoisotopic (exact) mass is 258 g/mol. The molecule has 2 rings (SSSR count). The lowest BCUT2D eigenvalue weighted by molar-refractivity contribution is 0.259. The zero-order chi connectivity index (χ0) is 12.1. The van der Waals surface area contributed by atoms with Crippen LogP contribution in [0.3, 0.4) is 0 Å². The van der Waals surface area contributed by atoms with E-state index < -0.39 is 10.8 Å². The van der Waals surface area contributed by atoms with Crippen molar-refractivity contribution in [3.8, 4) is 0 Å². The van der Waals surface area contributed by atoms with Gasteiger partial charge in [-0.3, -0.25) is 4.21 Å². The van der Waals surface area contributed by atoms with E-state index in [0.29, 0.717) is 6.04 Å². The average Bonchev–Trinajstić information content (AvgIpc) is 2.78. The zero-order valence-electron chi connectivity index (χ0n) is 10.9. The van der Waals surface area contributed by atoms with Crippen molar-refractivity contribution in [3.05, 3.63) is 0 Å². The van der Waals surface area contributed by atoms with Crippen molar-refractivity contribution < 1.29 is 4.21 Å². The summed E-state index contributed by atoms with van der Waals surface area (Å²) >= 11 is 0. The van der Waals surface area contributed by atoms with Crippen LogP contribution in [0.2, 0.25) is 0 Å². The molecule has 0 bridgehead atoms.